The molecule has 0 radical (unpaired) electrons. The molecule has 0 aliphatic heterocycles. The molecular formula is C15H17N3O4. The number of carboxylic acids is 1. The SMILES string of the molecule is CCCC(NC(=O)c1c(-c2ccccn2)noc1C)C(=O)O. The molecule has 0 spiro atoms. The lowest BCUT2D eigenvalue weighted by Crippen LogP contribution is -2.40. The fraction of sp³-hybridized carbons (Fsp3) is 0.333. The Morgan fingerprint density at radius 1 is 1.41 bits per heavy atom. The van der Waals surface area contributed by atoms with Crippen molar-refractivity contribution >= 4 is 11.9 Å². The van der Waals surface area contributed by atoms with Gasteiger partial charge in [-0.2, -0.15) is 0 Å². The summed E-state index contributed by atoms with van der Waals surface area (Å²) in [6.45, 7) is 3.45. The van der Waals surface area contributed by atoms with Gasteiger partial charge in [0.15, 0.2) is 0 Å². The number of aliphatic carboxylic acids is 1. The van der Waals surface area contributed by atoms with Crippen molar-refractivity contribution in [3.8, 4) is 11.4 Å². The van der Waals surface area contributed by atoms with Gasteiger partial charge in [0.1, 0.15) is 23.1 Å². The van der Waals surface area contributed by atoms with E-state index in [0.717, 1.165) is 0 Å². The largest absolute Gasteiger partial charge is 0.480 e. The van der Waals surface area contributed by atoms with Crippen LogP contribution in [0, 0.1) is 6.92 Å². The molecule has 1 amide bonds. The van der Waals surface area contributed by atoms with Gasteiger partial charge in [-0.05, 0) is 25.5 Å². The number of carbonyl (C=O) groups excluding carboxylic acids is 1. The Morgan fingerprint density at radius 2 is 2.18 bits per heavy atom. The molecule has 2 rings (SSSR count). The highest BCUT2D eigenvalue weighted by Gasteiger charge is 2.26. The van der Waals surface area contributed by atoms with Crippen LogP contribution in [0.4, 0.5) is 0 Å². The van der Waals surface area contributed by atoms with Gasteiger partial charge in [0.25, 0.3) is 5.91 Å². The van der Waals surface area contributed by atoms with E-state index in [-0.39, 0.29) is 5.56 Å². The number of hydrogen-bond acceptors (Lipinski definition) is 5. The van der Waals surface area contributed by atoms with Gasteiger partial charge in [0.2, 0.25) is 0 Å². The molecule has 0 aliphatic carbocycles. The Hall–Kier alpha value is -2.70. The lowest BCUT2D eigenvalue weighted by molar-refractivity contribution is -0.139. The van der Waals surface area contributed by atoms with E-state index in [9.17, 15) is 9.59 Å². The van der Waals surface area contributed by atoms with Crippen LogP contribution in [0.5, 0.6) is 0 Å². The number of amides is 1. The number of rotatable bonds is 6. The van der Waals surface area contributed by atoms with Gasteiger partial charge in [-0.3, -0.25) is 9.78 Å². The van der Waals surface area contributed by atoms with Crippen molar-refractivity contribution in [3.05, 3.63) is 35.7 Å². The van der Waals surface area contributed by atoms with Gasteiger partial charge in [0, 0.05) is 6.20 Å². The average molecular weight is 303 g/mol. The molecule has 0 bridgehead atoms. The maximum absolute atomic E-state index is 12.4. The maximum Gasteiger partial charge on any atom is 0.326 e. The van der Waals surface area contributed by atoms with Crippen molar-refractivity contribution in [2.45, 2.75) is 32.7 Å². The highest BCUT2D eigenvalue weighted by Crippen LogP contribution is 2.23. The van der Waals surface area contributed by atoms with Crippen LogP contribution in [0.25, 0.3) is 11.4 Å². The van der Waals surface area contributed by atoms with Gasteiger partial charge >= 0.3 is 5.97 Å². The minimum atomic E-state index is -1.07. The number of aromatic nitrogens is 2. The van der Waals surface area contributed by atoms with Crippen molar-refractivity contribution in [2.75, 3.05) is 0 Å². The Morgan fingerprint density at radius 3 is 2.77 bits per heavy atom. The molecule has 7 nitrogen and oxygen atoms in total. The first kappa shape index (κ1) is 15.7. The Bertz CT molecular complexity index is 667. The summed E-state index contributed by atoms with van der Waals surface area (Å²) < 4.78 is 5.07. The third-order valence-corrected chi connectivity index (χ3v) is 3.18. The molecule has 2 aromatic rings. The number of carbonyl (C=O) groups is 2. The molecule has 0 fully saturated rings. The van der Waals surface area contributed by atoms with Crippen LogP contribution in [0.1, 0.15) is 35.9 Å². The summed E-state index contributed by atoms with van der Waals surface area (Å²) in [7, 11) is 0. The normalized spacial score (nSPS) is 11.9. The van der Waals surface area contributed by atoms with Crippen LogP contribution >= 0.6 is 0 Å². The molecule has 2 heterocycles. The van der Waals surface area contributed by atoms with E-state index in [1.54, 1.807) is 31.3 Å². The highest BCUT2D eigenvalue weighted by atomic mass is 16.5. The van der Waals surface area contributed by atoms with Crippen molar-refractivity contribution in [2.24, 2.45) is 0 Å². The fourth-order valence-electron chi connectivity index (χ4n) is 2.09. The quantitative estimate of drug-likeness (QED) is 0.846. The monoisotopic (exact) mass is 303 g/mol. The summed E-state index contributed by atoms with van der Waals surface area (Å²) in [4.78, 5) is 27.7. The Kier molecular flexibility index (Phi) is 4.88. The van der Waals surface area contributed by atoms with Gasteiger partial charge in [-0.25, -0.2) is 4.79 Å². The summed E-state index contributed by atoms with van der Waals surface area (Å²) >= 11 is 0. The van der Waals surface area contributed by atoms with Crippen LogP contribution in [-0.2, 0) is 4.79 Å². The summed E-state index contributed by atoms with van der Waals surface area (Å²) in [6, 6.07) is 4.28. The van der Waals surface area contributed by atoms with E-state index in [0.29, 0.717) is 30.0 Å². The third-order valence-electron chi connectivity index (χ3n) is 3.18. The van der Waals surface area contributed by atoms with Crippen molar-refractivity contribution < 1.29 is 19.2 Å². The molecule has 0 saturated heterocycles. The molecule has 116 valence electrons. The number of hydrogen-bond donors (Lipinski definition) is 2. The standard InChI is InChI=1S/C15H17N3O4/c1-3-6-11(15(20)21)17-14(19)12-9(2)22-18-13(12)10-7-4-5-8-16-10/h4-5,7-8,11H,3,6H2,1-2H3,(H,17,19)(H,20,21). The molecule has 22 heavy (non-hydrogen) atoms. The number of nitrogens with one attached hydrogen (secondary N) is 1. The molecule has 1 atom stereocenters. The summed E-state index contributed by atoms with van der Waals surface area (Å²) in [5, 5.41) is 15.5. The molecule has 7 heteroatoms. The van der Waals surface area contributed by atoms with Gasteiger partial charge < -0.3 is 14.9 Å². The van der Waals surface area contributed by atoms with Crippen molar-refractivity contribution in [3.63, 3.8) is 0 Å². The highest BCUT2D eigenvalue weighted by molar-refractivity contribution is 6.01. The first-order chi connectivity index (χ1) is 10.5. The number of nitrogens with zero attached hydrogens (tertiary/aromatic N) is 2. The number of aryl methyl sites for hydroxylation is 1. The van der Waals surface area contributed by atoms with Crippen molar-refractivity contribution in [1.29, 1.82) is 0 Å². The van der Waals surface area contributed by atoms with E-state index in [1.165, 1.54) is 0 Å². The second kappa shape index (κ2) is 6.84. The predicted molar refractivity (Wildman–Crippen MR) is 78.3 cm³/mol. The molecule has 0 aromatic carbocycles. The van der Waals surface area contributed by atoms with E-state index in [4.69, 9.17) is 9.63 Å². The molecule has 0 aliphatic rings. The Labute approximate surface area is 127 Å². The molecular weight excluding hydrogens is 286 g/mol. The number of carboxylic acid groups (broad SMARTS) is 1. The zero-order valence-corrected chi connectivity index (χ0v) is 12.4. The number of pyridine rings is 1. The summed E-state index contributed by atoms with van der Waals surface area (Å²) in [5.74, 6) is -1.28. The predicted octanol–water partition coefficient (Wildman–Crippen LogP) is 2.03. The Balaban J connectivity index is 2.30. The van der Waals surface area contributed by atoms with E-state index in [2.05, 4.69) is 15.5 Å². The van der Waals surface area contributed by atoms with Gasteiger partial charge in [0.05, 0.1) is 5.69 Å². The fourth-order valence-corrected chi connectivity index (χ4v) is 2.09. The van der Waals surface area contributed by atoms with E-state index in [1.807, 2.05) is 6.92 Å². The zero-order chi connectivity index (χ0) is 16.1. The second-order valence-corrected chi connectivity index (χ2v) is 4.83. The molecule has 2 N–H and O–H groups in total. The zero-order valence-electron chi connectivity index (χ0n) is 12.4. The van der Waals surface area contributed by atoms with Gasteiger partial charge in [-0.15, -0.1) is 0 Å². The summed E-state index contributed by atoms with van der Waals surface area (Å²) in [5.41, 5.74) is 1.00. The minimum Gasteiger partial charge on any atom is -0.480 e. The molecule has 1 unspecified atom stereocenters. The third kappa shape index (κ3) is 3.30. The topological polar surface area (TPSA) is 105 Å². The van der Waals surface area contributed by atoms with E-state index >= 15 is 0 Å². The van der Waals surface area contributed by atoms with Gasteiger partial charge in [-0.1, -0.05) is 24.6 Å². The lowest BCUT2D eigenvalue weighted by Gasteiger charge is -2.13. The van der Waals surface area contributed by atoms with Crippen LogP contribution in [0.3, 0.4) is 0 Å². The first-order valence-corrected chi connectivity index (χ1v) is 6.96. The lowest BCUT2D eigenvalue weighted by atomic mass is 10.1. The molecule has 2 aromatic heterocycles. The first-order valence-electron chi connectivity index (χ1n) is 6.96. The minimum absolute atomic E-state index is 0.209. The summed E-state index contributed by atoms with van der Waals surface area (Å²) in [6.07, 6.45) is 2.58. The maximum atomic E-state index is 12.4. The molecule has 0 saturated carbocycles. The van der Waals surface area contributed by atoms with Crippen LogP contribution < -0.4 is 5.32 Å². The average Bonchev–Trinajstić information content (AvgIpc) is 2.89. The van der Waals surface area contributed by atoms with Crippen molar-refractivity contribution in [1.82, 2.24) is 15.5 Å². The van der Waals surface area contributed by atoms with Crippen LogP contribution in [-0.4, -0.2) is 33.2 Å². The smallest absolute Gasteiger partial charge is 0.326 e. The van der Waals surface area contributed by atoms with Crippen LogP contribution in [0.2, 0.25) is 0 Å². The second-order valence-electron chi connectivity index (χ2n) is 4.83. The van der Waals surface area contributed by atoms with E-state index < -0.39 is 17.9 Å². The van der Waals surface area contributed by atoms with Crippen LogP contribution in [0.15, 0.2) is 28.9 Å².